The highest BCUT2D eigenvalue weighted by Gasteiger charge is 2.33. The predicted molar refractivity (Wildman–Crippen MR) is 128 cm³/mol. The lowest BCUT2D eigenvalue weighted by molar-refractivity contribution is -0.138. The molecule has 1 aliphatic rings. The number of nitrogens with one attached hydrogen (secondary N) is 3. The normalized spacial score (nSPS) is 15.5. The summed E-state index contributed by atoms with van der Waals surface area (Å²) in [4.78, 5) is 39.7. The van der Waals surface area contributed by atoms with Gasteiger partial charge in [-0.05, 0) is 25.3 Å². The summed E-state index contributed by atoms with van der Waals surface area (Å²) in [7, 11) is 0. The second kappa shape index (κ2) is 13.9. The Labute approximate surface area is 194 Å². The van der Waals surface area contributed by atoms with Crippen molar-refractivity contribution < 1.29 is 14.4 Å². The van der Waals surface area contributed by atoms with Gasteiger partial charge in [0.2, 0.25) is 17.7 Å². The van der Waals surface area contributed by atoms with E-state index in [0.29, 0.717) is 31.5 Å². The number of nitrogens with zero attached hydrogens (tertiary/aromatic N) is 1. The predicted octanol–water partition coefficient (Wildman–Crippen LogP) is 2.90. The van der Waals surface area contributed by atoms with Crippen molar-refractivity contribution in [2.75, 3.05) is 13.1 Å². The van der Waals surface area contributed by atoms with E-state index < -0.39 is 6.04 Å². The van der Waals surface area contributed by atoms with Crippen molar-refractivity contribution in [3.63, 3.8) is 0 Å². The first-order valence-corrected chi connectivity index (χ1v) is 12.6. The van der Waals surface area contributed by atoms with Crippen LogP contribution < -0.4 is 16.4 Å². The van der Waals surface area contributed by atoms with Gasteiger partial charge in [0.1, 0.15) is 11.9 Å². The highest BCUT2D eigenvalue weighted by atomic mass is 32.1. The fraction of sp³-hybridized carbons (Fsp3) is 0.652. The number of nitrogens with two attached hydrogens (primary N) is 1. The topological polar surface area (TPSA) is 128 Å². The molecule has 0 saturated carbocycles. The Morgan fingerprint density at radius 3 is 2.56 bits per heavy atom. The summed E-state index contributed by atoms with van der Waals surface area (Å²) in [6.07, 6.45) is 9.83. The first kappa shape index (κ1) is 25.8. The fourth-order valence-corrected chi connectivity index (χ4v) is 4.68. The second-order valence-corrected chi connectivity index (χ2v) is 9.32. The van der Waals surface area contributed by atoms with Gasteiger partial charge in [-0.1, -0.05) is 45.4 Å². The zero-order chi connectivity index (χ0) is 23.3. The number of amides is 3. The van der Waals surface area contributed by atoms with Crippen molar-refractivity contribution in [2.24, 2.45) is 5.73 Å². The third kappa shape index (κ3) is 8.61. The zero-order valence-electron chi connectivity index (χ0n) is 19.1. The number of hydrogen-bond acceptors (Lipinski definition) is 5. The van der Waals surface area contributed by atoms with E-state index in [1.54, 1.807) is 16.3 Å². The number of unbranched alkanes of at least 4 members (excludes halogenated alkanes) is 6. The highest BCUT2D eigenvalue weighted by molar-refractivity contribution is 7.10. The summed E-state index contributed by atoms with van der Waals surface area (Å²) in [6.45, 7) is 2.99. The SMILES string of the molecule is CCCCCCCCCC(=O)NCC(=O)N1CCCC1C(=O)NCc1cc(C(=N)N)cs1. The van der Waals surface area contributed by atoms with Gasteiger partial charge in [-0.15, -0.1) is 11.3 Å². The van der Waals surface area contributed by atoms with Crippen LogP contribution in [0.4, 0.5) is 0 Å². The molecule has 1 unspecified atom stereocenters. The molecular formula is C23H37N5O3S. The average Bonchev–Trinajstić information content (AvgIpc) is 3.45. The summed E-state index contributed by atoms with van der Waals surface area (Å²) >= 11 is 1.43. The summed E-state index contributed by atoms with van der Waals surface area (Å²) in [5.74, 6) is -0.514. The maximum atomic E-state index is 12.6. The van der Waals surface area contributed by atoms with Crippen LogP contribution in [0.1, 0.15) is 81.6 Å². The molecule has 0 radical (unpaired) electrons. The van der Waals surface area contributed by atoms with E-state index >= 15 is 0 Å². The molecule has 0 spiro atoms. The van der Waals surface area contributed by atoms with Gasteiger partial charge in [-0.3, -0.25) is 19.8 Å². The van der Waals surface area contributed by atoms with E-state index in [9.17, 15) is 14.4 Å². The van der Waals surface area contributed by atoms with Crippen LogP contribution in [0.5, 0.6) is 0 Å². The molecule has 1 aliphatic heterocycles. The number of rotatable bonds is 14. The van der Waals surface area contributed by atoms with E-state index in [2.05, 4.69) is 17.6 Å². The molecule has 2 heterocycles. The Morgan fingerprint density at radius 1 is 1.16 bits per heavy atom. The minimum absolute atomic E-state index is 0.000382. The summed E-state index contributed by atoms with van der Waals surface area (Å²) in [5.41, 5.74) is 6.11. The van der Waals surface area contributed by atoms with Crippen molar-refractivity contribution >= 4 is 34.9 Å². The Morgan fingerprint density at radius 2 is 1.88 bits per heavy atom. The minimum atomic E-state index is -0.505. The Balaban J connectivity index is 1.67. The smallest absolute Gasteiger partial charge is 0.243 e. The van der Waals surface area contributed by atoms with Crippen LogP contribution >= 0.6 is 11.3 Å². The van der Waals surface area contributed by atoms with Gasteiger partial charge in [0, 0.05) is 28.8 Å². The lowest BCUT2D eigenvalue weighted by Gasteiger charge is -2.24. The van der Waals surface area contributed by atoms with Crippen molar-refractivity contribution in [1.82, 2.24) is 15.5 Å². The quantitative estimate of drug-likeness (QED) is 0.192. The number of carbonyl (C=O) groups is 3. The van der Waals surface area contributed by atoms with E-state index in [1.165, 1.54) is 37.0 Å². The number of carbonyl (C=O) groups excluding carboxylic acids is 3. The molecule has 32 heavy (non-hydrogen) atoms. The Bertz CT molecular complexity index is 779. The van der Waals surface area contributed by atoms with Gasteiger partial charge >= 0.3 is 0 Å². The number of amidine groups is 1. The van der Waals surface area contributed by atoms with Crippen LogP contribution in [0.3, 0.4) is 0 Å². The monoisotopic (exact) mass is 463 g/mol. The molecule has 178 valence electrons. The van der Waals surface area contributed by atoms with Crippen LogP contribution in [-0.4, -0.2) is 47.6 Å². The summed E-state index contributed by atoms with van der Waals surface area (Å²) in [6, 6.07) is 1.28. The number of hydrogen-bond donors (Lipinski definition) is 4. The first-order chi connectivity index (χ1) is 15.4. The molecule has 2 rings (SSSR count). The highest BCUT2D eigenvalue weighted by Crippen LogP contribution is 2.19. The van der Waals surface area contributed by atoms with Gasteiger partial charge in [0.25, 0.3) is 0 Å². The van der Waals surface area contributed by atoms with Gasteiger partial charge in [-0.25, -0.2) is 0 Å². The van der Waals surface area contributed by atoms with Crippen molar-refractivity contribution in [3.05, 3.63) is 21.9 Å². The van der Waals surface area contributed by atoms with Crippen LogP contribution in [0, 0.1) is 5.41 Å². The Kier molecular flexibility index (Phi) is 11.2. The molecule has 0 aromatic carbocycles. The zero-order valence-corrected chi connectivity index (χ0v) is 19.9. The molecule has 1 aromatic heterocycles. The van der Waals surface area contributed by atoms with Gasteiger partial charge in [-0.2, -0.15) is 0 Å². The molecule has 0 bridgehead atoms. The van der Waals surface area contributed by atoms with Gasteiger partial charge in [0.15, 0.2) is 0 Å². The van der Waals surface area contributed by atoms with Crippen LogP contribution in [-0.2, 0) is 20.9 Å². The molecule has 9 heteroatoms. The number of nitrogen functional groups attached to an aromatic ring is 1. The molecule has 1 fully saturated rings. The fourth-order valence-electron chi connectivity index (χ4n) is 3.85. The molecule has 1 aromatic rings. The number of likely N-dealkylation sites (tertiary alicyclic amines) is 1. The van der Waals surface area contributed by atoms with Crippen LogP contribution in [0.2, 0.25) is 0 Å². The van der Waals surface area contributed by atoms with Crippen molar-refractivity contribution in [3.8, 4) is 0 Å². The van der Waals surface area contributed by atoms with E-state index in [0.717, 1.165) is 30.6 Å². The summed E-state index contributed by atoms with van der Waals surface area (Å²) < 4.78 is 0. The third-order valence-electron chi connectivity index (χ3n) is 5.72. The Hall–Kier alpha value is -2.42. The lowest BCUT2D eigenvalue weighted by Crippen LogP contribution is -2.48. The standard InChI is InChI=1S/C23H37N5O3S/c1-2-3-4-5-6-7-8-11-20(29)26-15-21(30)28-12-9-10-19(28)23(31)27-14-18-13-17(16-32-18)22(24)25/h13,16,19H,2-12,14-15H2,1H3,(H3,24,25)(H,26,29)(H,27,31). The second-order valence-electron chi connectivity index (χ2n) is 8.33. The minimum Gasteiger partial charge on any atom is -0.384 e. The van der Waals surface area contributed by atoms with E-state index in [4.69, 9.17) is 11.1 Å². The van der Waals surface area contributed by atoms with Crippen molar-refractivity contribution in [1.29, 1.82) is 5.41 Å². The van der Waals surface area contributed by atoms with E-state index in [-0.39, 0.29) is 30.1 Å². The lowest BCUT2D eigenvalue weighted by atomic mass is 10.1. The average molecular weight is 464 g/mol. The van der Waals surface area contributed by atoms with Crippen LogP contribution in [0.25, 0.3) is 0 Å². The molecule has 1 atom stereocenters. The van der Waals surface area contributed by atoms with Crippen LogP contribution in [0.15, 0.2) is 11.4 Å². The van der Waals surface area contributed by atoms with Gasteiger partial charge < -0.3 is 21.3 Å². The third-order valence-corrected chi connectivity index (χ3v) is 6.66. The number of thiophene rings is 1. The molecule has 0 aliphatic carbocycles. The largest absolute Gasteiger partial charge is 0.384 e. The molecule has 1 saturated heterocycles. The maximum Gasteiger partial charge on any atom is 0.243 e. The molecular weight excluding hydrogens is 426 g/mol. The summed E-state index contributed by atoms with van der Waals surface area (Å²) in [5, 5.41) is 14.8. The first-order valence-electron chi connectivity index (χ1n) is 11.7. The van der Waals surface area contributed by atoms with E-state index in [1.807, 2.05) is 0 Å². The molecule has 5 N–H and O–H groups in total. The van der Waals surface area contributed by atoms with Crippen molar-refractivity contribution in [2.45, 2.75) is 83.7 Å². The van der Waals surface area contributed by atoms with Gasteiger partial charge in [0.05, 0.1) is 13.1 Å². The molecule has 8 nitrogen and oxygen atoms in total. The maximum absolute atomic E-state index is 12.6. The molecule has 3 amide bonds.